The number of ether oxygens (including phenoxy) is 1. The molecule has 0 aromatic carbocycles. The first-order chi connectivity index (χ1) is 12.3. The third-order valence-electron chi connectivity index (χ3n) is 8.99. The first-order valence-electron chi connectivity index (χ1n) is 10.5. The largest absolute Gasteiger partial charge is 0.387 e. The summed E-state index contributed by atoms with van der Waals surface area (Å²) in [7, 11) is 1.97. The van der Waals surface area contributed by atoms with Crippen LogP contribution in [0.5, 0.6) is 0 Å². The van der Waals surface area contributed by atoms with Gasteiger partial charge < -0.3 is 14.7 Å². The van der Waals surface area contributed by atoms with E-state index in [9.17, 15) is 9.90 Å². The SMILES string of the molecule is CCOCC1(O)CC[C@H]2[C@@H]3CCC4N(C)C(=O)C=C[C@]4(C)[C@@H]3CC[C@@]21C. The molecule has 3 aliphatic carbocycles. The lowest BCUT2D eigenvalue weighted by atomic mass is 9.47. The predicted octanol–water partition coefficient (Wildman–Crippen LogP) is 3.39. The molecule has 3 saturated carbocycles. The van der Waals surface area contributed by atoms with Crippen molar-refractivity contribution in [3.05, 3.63) is 12.2 Å². The molecule has 26 heavy (non-hydrogen) atoms. The zero-order valence-electron chi connectivity index (χ0n) is 16.8. The number of carbonyl (C=O) groups is 1. The van der Waals surface area contributed by atoms with E-state index in [2.05, 4.69) is 19.9 Å². The summed E-state index contributed by atoms with van der Waals surface area (Å²) >= 11 is 0. The Morgan fingerprint density at radius 2 is 1.92 bits per heavy atom. The van der Waals surface area contributed by atoms with Crippen LogP contribution in [-0.2, 0) is 9.53 Å². The Morgan fingerprint density at radius 3 is 2.65 bits per heavy atom. The molecule has 0 aromatic heterocycles. The highest BCUT2D eigenvalue weighted by Gasteiger charge is 2.64. The van der Waals surface area contributed by atoms with Crippen LogP contribution in [0.2, 0.25) is 0 Å². The van der Waals surface area contributed by atoms with Gasteiger partial charge in [0.1, 0.15) is 0 Å². The Bertz CT molecular complexity index is 619. The number of aliphatic hydroxyl groups is 1. The second kappa shape index (κ2) is 6.07. The molecule has 4 heteroatoms. The summed E-state index contributed by atoms with van der Waals surface area (Å²) in [6.45, 7) is 7.84. The van der Waals surface area contributed by atoms with Crippen LogP contribution < -0.4 is 0 Å². The van der Waals surface area contributed by atoms with Crippen molar-refractivity contribution < 1.29 is 14.6 Å². The number of rotatable bonds is 3. The van der Waals surface area contributed by atoms with Gasteiger partial charge in [-0.2, -0.15) is 0 Å². The highest BCUT2D eigenvalue weighted by molar-refractivity contribution is 5.89. The molecule has 7 atom stereocenters. The number of hydrogen-bond donors (Lipinski definition) is 1. The maximum Gasteiger partial charge on any atom is 0.246 e. The molecule has 4 nitrogen and oxygen atoms in total. The molecular weight excluding hydrogens is 326 g/mol. The number of amides is 1. The van der Waals surface area contributed by atoms with Crippen LogP contribution in [0.1, 0.15) is 59.3 Å². The van der Waals surface area contributed by atoms with Crippen LogP contribution in [0.25, 0.3) is 0 Å². The standard InChI is InChI=1S/C22H35NO3/c1-5-26-14-22(25)13-9-17-15-6-7-18-20(2,11-10-19(24)23(18)4)16(15)8-12-21(17,22)3/h10-11,15-18,25H,5-9,12-14H2,1-4H3/t15-,16-,17+,18?,20-,21+,22?/m1/s1. The van der Waals surface area contributed by atoms with E-state index in [0.29, 0.717) is 37.0 Å². The lowest BCUT2D eigenvalue weighted by Crippen LogP contribution is -2.61. The van der Waals surface area contributed by atoms with E-state index in [1.807, 2.05) is 18.9 Å². The molecule has 0 aromatic rings. The van der Waals surface area contributed by atoms with Crippen molar-refractivity contribution in [2.45, 2.75) is 70.9 Å². The minimum Gasteiger partial charge on any atom is -0.387 e. The molecule has 2 unspecified atom stereocenters. The minimum absolute atomic E-state index is 0.0351. The summed E-state index contributed by atoms with van der Waals surface area (Å²) in [5.74, 6) is 1.98. The Balaban J connectivity index is 1.63. The maximum absolute atomic E-state index is 12.2. The van der Waals surface area contributed by atoms with Crippen LogP contribution in [-0.4, -0.2) is 47.8 Å². The molecule has 3 fully saturated rings. The lowest BCUT2D eigenvalue weighted by molar-refractivity contribution is -0.164. The summed E-state index contributed by atoms with van der Waals surface area (Å²) in [4.78, 5) is 14.1. The Morgan fingerprint density at radius 1 is 1.19 bits per heavy atom. The van der Waals surface area contributed by atoms with E-state index >= 15 is 0 Å². The van der Waals surface area contributed by atoms with Gasteiger partial charge in [0.2, 0.25) is 5.91 Å². The molecular formula is C22H35NO3. The monoisotopic (exact) mass is 361 g/mol. The van der Waals surface area contributed by atoms with E-state index in [0.717, 1.165) is 32.1 Å². The lowest BCUT2D eigenvalue weighted by Gasteiger charge is -2.61. The van der Waals surface area contributed by atoms with Crippen molar-refractivity contribution in [1.29, 1.82) is 0 Å². The molecule has 4 rings (SSSR count). The number of fused-ring (bicyclic) bond motifs is 5. The van der Waals surface area contributed by atoms with Crippen LogP contribution in [0.3, 0.4) is 0 Å². The van der Waals surface area contributed by atoms with Gasteiger partial charge in [-0.25, -0.2) is 0 Å². The zero-order valence-corrected chi connectivity index (χ0v) is 16.8. The van der Waals surface area contributed by atoms with E-state index < -0.39 is 5.60 Å². The second-order valence-corrected chi connectivity index (χ2v) is 9.78. The maximum atomic E-state index is 12.2. The normalized spacial score (nSPS) is 50.3. The van der Waals surface area contributed by atoms with Gasteiger partial charge in [0.05, 0.1) is 12.2 Å². The van der Waals surface area contributed by atoms with Crippen molar-refractivity contribution in [2.75, 3.05) is 20.3 Å². The van der Waals surface area contributed by atoms with Crippen molar-refractivity contribution in [3.63, 3.8) is 0 Å². The highest BCUT2D eigenvalue weighted by atomic mass is 16.5. The van der Waals surface area contributed by atoms with Gasteiger partial charge >= 0.3 is 0 Å². The van der Waals surface area contributed by atoms with Gasteiger partial charge in [-0.1, -0.05) is 19.9 Å². The fourth-order valence-corrected chi connectivity index (χ4v) is 7.36. The topological polar surface area (TPSA) is 49.8 Å². The third-order valence-corrected chi connectivity index (χ3v) is 8.99. The summed E-state index contributed by atoms with van der Waals surface area (Å²) in [5, 5.41) is 11.4. The van der Waals surface area contributed by atoms with Gasteiger partial charge in [-0.3, -0.25) is 4.79 Å². The molecule has 0 saturated heterocycles. The van der Waals surface area contributed by atoms with Crippen molar-refractivity contribution in [2.24, 2.45) is 28.6 Å². The van der Waals surface area contributed by atoms with Gasteiger partial charge in [-0.05, 0) is 69.3 Å². The molecule has 146 valence electrons. The fraction of sp³-hybridized carbons (Fsp3) is 0.864. The average Bonchev–Trinajstić information content (AvgIpc) is 2.88. The van der Waals surface area contributed by atoms with E-state index in [1.165, 1.54) is 6.42 Å². The van der Waals surface area contributed by atoms with Crippen molar-refractivity contribution in [1.82, 2.24) is 4.90 Å². The summed E-state index contributed by atoms with van der Waals surface area (Å²) < 4.78 is 5.70. The number of hydrogen-bond acceptors (Lipinski definition) is 3. The Hall–Kier alpha value is -0.870. The number of nitrogens with zero attached hydrogens (tertiary/aromatic N) is 1. The molecule has 0 bridgehead atoms. The zero-order chi connectivity index (χ0) is 18.7. The van der Waals surface area contributed by atoms with Crippen molar-refractivity contribution in [3.8, 4) is 0 Å². The number of carbonyl (C=O) groups excluding carboxylic acids is 1. The second-order valence-electron chi connectivity index (χ2n) is 9.78. The van der Waals surface area contributed by atoms with Crippen LogP contribution >= 0.6 is 0 Å². The average molecular weight is 362 g/mol. The van der Waals surface area contributed by atoms with Gasteiger partial charge in [0.25, 0.3) is 0 Å². The molecule has 0 spiro atoms. The smallest absolute Gasteiger partial charge is 0.246 e. The molecule has 0 radical (unpaired) electrons. The van der Waals surface area contributed by atoms with E-state index in [1.54, 1.807) is 6.08 Å². The quantitative estimate of drug-likeness (QED) is 0.838. The Kier molecular flexibility index (Phi) is 4.31. The molecule has 1 heterocycles. The first kappa shape index (κ1) is 18.5. The van der Waals surface area contributed by atoms with Gasteiger partial charge in [-0.15, -0.1) is 0 Å². The van der Waals surface area contributed by atoms with E-state index in [4.69, 9.17) is 4.74 Å². The van der Waals surface area contributed by atoms with Crippen LogP contribution in [0.4, 0.5) is 0 Å². The van der Waals surface area contributed by atoms with Crippen LogP contribution in [0.15, 0.2) is 12.2 Å². The third kappa shape index (κ3) is 2.30. The molecule has 1 N–H and O–H groups in total. The van der Waals surface area contributed by atoms with Gasteiger partial charge in [0, 0.05) is 30.5 Å². The number of likely N-dealkylation sites (N-methyl/N-ethyl adjacent to an activating group) is 1. The molecule has 1 aliphatic heterocycles. The Labute approximate surface area is 158 Å². The molecule has 1 amide bonds. The minimum atomic E-state index is -0.675. The highest BCUT2D eigenvalue weighted by Crippen LogP contribution is 2.66. The summed E-state index contributed by atoms with van der Waals surface area (Å²) in [6.07, 6.45) is 10.5. The van der Waals surface area contributed by atoms with Crippen LogP contribution in [0, 0.1) is 28.6 Å². The first-order valence-corrected chi connectivity index (χ1v) is 10.5. The fourth-order valence-electron chi connectivity index (χ4n) is 7.36. The summed E-state index contributed by atoms with van der Waals surface area (Å²) in [5.41, 5.74) is -0.633. The van der Waals surface area contributed by atoms with Crippen molar-refractivity contribution >= 4 is 5.91 Å². The summed E-state index contributed by atoms with van der Waals surface area (Å²) in [6, 6.07) is 0.328. The molecule has 4 aliphatic rings. The predicted molar refractivity (Wildman–Crippen MR) is 102 cm³/mol. The van der Waals surface area contributed by atoms with Gasteiger partial charge in [0.15, 0.2) is 0 Å². The van der Waals surface area contributed by atoms with E-state index in [-0.39, 0.29) is 16.7 Å².